The van der Waals surface area contributed by atoms with E-state index in [0.29, 0.717) is 5.71 Å². The van der Waals surface area contributed by atoms with Gasteiger partial charge in [0.05, 0.1) is 18.0 Å². The van der Waals surface area contributed by atoms with Crippen LogP contribution >= 0.6 is 0 Å². The van der Waals surface area contributed by atoms with E-state index in [9.17, 15) is 4.39 Å². The number of halogens is 1. The Kier molecular flexibility index (Phi) is 4.33. The third-order valence-corrected chi connectivity index (χ3v) is 5.69. The van der Waals surface area contributed by atoms with Gasteiger partial charge in [-0.3, -0.25) is 0 Å². The Labute approximate surface area is 180 Å². The van der Waals surface area contributed by atoms with Crippen molar-refractivity contribution in [2.24, 2.45) is 12.5 Å². The van der Waals surface area contributed by atoms with Crippen LogP contribution in [-0.2, 0) is 13.5 Å². The zero-order chi connectivity index (χ0) is 21.9. The van der Waals surface area contributed by atoms with Gasteiger partial charge < -0.3 is 4.42 Å². The highest BCUT2D eigenvalue weighted by Gasteiger charge is 2.23. The number of aromatic nitrogens is 3. The smallest absolute Gasteiger partial charge is 0.287 e. The number of hydrogen-bond acceptors (Lipinski definition) is 3. The summed E-state index contributed by atoms with van der Waals surface area (Å²) in [7, 11) is 1.99. The van der Waals surface area contributed by atoms with Gasteiger partial charge in [-0.1, -0.05) is 39.0 Å². The molecule has 0 saturated carbocycles. The molecule has 0 saturated heterocycles. The molecule has 0 N–H and O–H groups in total. The molecule has 5 rings (SSSR count). The first-order chi connectivity index (χ1) is 14.7. The van der Waals surface area contributed by atoms with Crippen LogP contribution in [0, 0.1) is 18.3 Å². The van der Waals surface area contributed by atoms with Crippen LogP contribution in [0.5, 0.6) is 0 Å². The zero-order valence-corrected chi connectivity index (χ0v) is 18.5. The van der Waals surface area contributed by atoms with Gasteiger partial charge in [-0.25, -0.2) is 4.57 Å². The van der Waals surface area contributed by atoms with Gasteiger partial charge in [0.25, 0.3) is 6.33 Å². The average molecular weight is 415 g/mol. The standard InChI is InChI=1S/C26H25FN3O/c1-15-6-8-17-18-10-11-21(27)29-25(18)31-24(17)22(15)23-19-9-7-16(13-26(2,3)4)12-20(19)28-14-30(23)5/h6-12,14H,13H2,1-5H3/q+1. The molecule has 3 aromatic heterocycles. The van der Waals surface area contributed by atoms with Crippen LogP contribution in [0.1, 0.15) is 31.9 Å². The highest BCUT2D eigenvalue weighted by atomic mass is 19.1. The number of aryl methyl sites for hydroxylation is 2. The molecule has 4 nitrogen and oxygen atoms in total. The normalized spacial score (nSPS) is 12.3. The molecule has 2 aromatic carbocycles. The van der Waals surface area contributed by atoms with Gasteiger partial charge in [0.15, 0.2) is 5.52 Å². The summed E-state index contributed by atoms with van der Waals surface area (Å²) < 4.78 is 21.8. The van der Waals surface area contributed by atoms with Crippen molar-refractivity contribution in [3.8, 4) is 11.3 Å². The van der Waals surface area contributed by atoms with Crippen molar-refractivity contribution < 1.29 is 13.4 Å². The number of pyridine rings is 1. The summed E-state index contributed by atoms with van der Waals surface area (Å²) in [5.74, 6) is -0.545. The fourth-order valence-corrected chi connectivity index (χ4v) is 4.41. The van der Waals surface area contributed by atoms with Crippen LogP contribution < -0.4 is 4.57 Å². The summed E-state index contributed by atoms with van der Waals surface area (Å²) in [5, 5.41) is 2.79. The van der Waals surface area contributed by atoms with E-state index in [1.54, 1.807) is 6.07 Å². The van der Waals surface area contributed by atoms with Crippen LogP contribution in [0.25, 0.3) is 44.2 Å². The number of fused-ring (bicyclic) bond motifs is 4. The van der Waals surface area contributed by atoms with Crippen molar-refractivity contribution in [3.63, 3.8) is 0 Å². The molecule has 0 amide bonds. The highest BCUT2D eigenvalue weighted by molar-refractivity contribution is 6.10. The molecule has 3 heterocycles. The number of benzene rings is 2. The highest BCUT2D eigenvalue weighted by Crippen LogP contribution is 2.38. The molecule has 5 heteroatoms. The quantitative estimate of drug-likeness (QED) is 0.261. The minimum Gasteiger partial charge on any atom is -0.437 e. The maximum Gasteiger partial charge on any atom is 0.287 e. The topological polar surface area (TPSA) is 42.8 Å². The van der Waals surface area contributed by atoms with Gasteiger partial charge in [0, 0.05) is 10.8 Å². The molecule has 31 heavy (non-hydrogen) atoms. The first kappa shape index (κ1) is 19.6. The number of nitrogens with zero attached hydrogens (tertiary/aromatic N) is 3. The molecule has 0 aliphatic heterocycles. The van der Waals surface area contributed by atoms with Gasteiger partial charge in [-0.15, -0.1) is 0 Å². The van der Waals surface area contributed by atoms with Gasteiger partial charge in [-0.05, 0) is 59.1 Å². The molecule has 0 bridgehead atoms. The first-order valence-corrected chi connectivity index (χ1v) is 10.5. The summed E-state index contributed by atoms with van der Waals surface area (Å²) in [6.45, 7) is 8.78. The first-order valence-electron chi connectivity index (χ1n) is 10.5. The Morgan fingerprint density at radius 2 is 1.74 bits per heavy atom. The number of hydrogen-bond donors (Lipinski definition) is 0. The lowest BCUT2D eigenvalue weighted by molar-refractivity contribution is -0.662. The van der Waals surface area contributed by atoms with E-state index in [1.807, 2.05) is 24.0 Å². The van der Waals surface area contributed by atoms with Crippen LogP contribution in [0.2, 0.25) is 0 Å². The molecule has 0 radical (unpaired) electrons. The predicted octanol–water partition coefficient (Wildman–Crippen LogP) is 6.06. The molecule has 0 aliphatic carbocycles. The van der Waals surface area contributed by atoms with E-state index in [1.165, 1.54) is 11.6 Å². The van der Waals surface area contributed by atoms with Gasteiger partial charge in [-0.2, -0.15) is 9.37 Å². The van der Waals surface area contributed by atoms with E-state index in [4.69, 9.17) is 9.40 Å². The van der Waals surface area contributed by atoms with Crippen molar-refractivity contribution in [1.82, 2.24) is 9.97 Å². The Hall–Kier alpha value is -3.34. The average Bonchev–Trinajstić information content (AvgIpc) is 3.05. The SMILES string of the molecule is Cc1ccc2c(oc3nc(F)ccc32)c1-c1c2ccc(CC(C)(C)C)cc2nc[n+]1C. The number of furan rings is 1. The fraction of sp³-hybridized carbons (Fsp3) is 0.269. The minimum absolute atomic E-state index is 0.203. The van der Waals surface area contributed by atoms with E-state index < -0.39 is 5.95 Å². The molecule has 0 fully saturated rings. The molecule has 156 valence electrons. The van der Waals surface area contributed by atoms with Crippen molar-refractivity contribution in [1.29, 1.82) is 0 Å². The molecule has 0 aliphatic rings. The van der Waals surface area contributed by atoms with Crippen molar-refractivity contribution in [2.75, 3.05) is 0 Å². The van der Waals surface area contributed by atoms with Crippen LogP contribution in [0.3, 0.4) is 0 Å². The molecule has 5 aromatic rings. The maximum atomic E-state index is 13.7. The second kappa shape index (κ2) is 6.84. The van der Waals surface area contributed by atoms with Crippen molar-refractivity contribution in [3.05, 3.63) is 65.9 Å². The van der Waals surface area contributed by atoms with Gasteiger partial charge in [0.1, 0.15) is 11.3 Å². The van der Waals surface area contributed by atoms with Crippen LogP contribution in [-0.4, -0.2) is 9.97 Å². The van der Waals surface area contributed by atoms with E-state index in [-0.39, 0.29) is 5.41 Å². The minimum atomic E-state index is -0.545. The Balaban J connectivity index is 1.81. The fourth-order valence-electron chi connectivity index (χ4n) is 4.41. The lowest BCUT2D eigenvalue weighted by Crippen LogP contribution is -2.32. The zero-order valence-electron chi connectivity index (χ0n) is 18.5. The Morgan fingerprint density at radius 3 is 2.52 bits per heavy atom. The van der Waals surface area contributed by atoms with E-state index in [2.05, 4.69) is 56.9 Å². The third-order valence-electron chi connectivity index (χ3n) is 5.69. The largest absolute Gasteiger partial charge is 0.437 e. The molecule has 0 unspecified atom stereocenters. The van der Waals surface area contributed by atoms with E-state index in [0.717, 1.165) is 50.5 Å². The third kappa shape index (κ3) is 3.34. The Morgan fingerprint density at radius 1 is 1.00 bits per heavy atom. The molecule has 0 atom stereocenters. The predicted molar refractivity (Wildman–Crippen MR) is 121 cm³/mol. The Bertz CT molecular complexity index is 1480. The summed E-state index contributed by atoms with van der Waals surface area (Å²) in [5.41, 5.74) is 6.54. The second-order valence-corrected chi connectivity index (χ2v) is 9.52. The molecule has 0 spiro atoms. The summed E-state index contributed by atoms with van der Waals surface area (Å²) in [6, 6.07) is 13.7. The summed E-state index contributed by atoms with van der Waals surface area (Å²) in [6.07, 6.45) is 2.83. The van der Waals surface area contributed by atoms with Gasteiger partial charge in [0.2, 0.25) is 11.7 Å². The van der Waals surface area contributed by atoms with Crippen LogP contribution in [0.15, 0.2) is 53.2 Å². The molecular weight excluding hydrogens is 389 g/mol. The summed E-state index contributed by atoms with van der Waals surface area (Å²) >= 11 is 0. The second-order valence-electron chi connectivity index (χ2n) is 9.52. The van der Waals surface area contributed by atoms with Gasteiger partial charge >= 0.3 is 0 Å². The van der Waals surface area contributed by atoms with Crippen molar-refractivity contribution >= 4 is 33.0 Å². The van der Waals surface area contributed by atoms with Crippen molar-refractivity contribution in [2.45, 2.75) is 34.1 Å². The van der Waals surface area contributed by atoms with E-state index >= 15 is 0 Å². The molecular formula is C26H25FN3O+. The lowest BCUT2D eigenvalue weighted by atomic mass is 9.87. The summed E-state index contributed by atoms with van der Waals surface area (Å²) in [4.78, 5) is 8.65. The maximum absolute atomic E-state index is 13.7. The monoisotopic (exact) mass is 414 g/mol. The lowest BCUT2D eigenvalue weighted by Gasteiger charge is -2.18. The number of rotatable bonds is 2. The van der Waals surface area contributed by atoms with Crippen LogP contribution in [0.4, 0.5) is 4.39 Å².